The smallest absolute Gasteiger partial charge is 0.427 e. The Labute approximate surface area is 159 Å². The van der Waals surface area contributed by atoms with Crippen LogP contribution in [0.4, 0.5) is 31.1 Å². The van der Waals surface area contributed by atoms with Crippen LogP contribution in [0.15, 0.2) is 0 Å². The highest BCUT2D eigenvalue weighted by Gasteiger charge is 2.70. The van der Waals surface area contributed by atoms with E-state index in [1.807, 2.05) is 0 Å². The van der Waals surface area contributed by atoms with E-state index in [1.165, 1.54) is 4.90 Å². The summed E-state index contributed by atoms with van der Waals surface area (Å²) < 4.78 is 80.6. The molecule has 0 unspecified atom stereocenters. The highest BCUT2D eigenvalue weighted by Crippen LogP contribution is 2.44. The molecular weight excluding hydrogens is 372 g/mol. The lowest BCUT2D eigenvalue weighted by Crippen LogP contribution is -2.81. The normalized spacial score (nSPS) is 21.7. The van der Waals surface area contributed by atoms with Crippen molar-refractivity contribution in [1.29, 1.82) is 0 Å². The Morgan fingerprint density at radius 1 is 0.889 bits per heavy atom. The van der Waals surface area contributed by atoms with Gasteiger partial charge in [0, 0.05) is 18.6 Å². The molecule has 140 valence electrons. The number of carbonyl (C=O) groups excluding carboxylic acids is 1. The van der Waals surface area contributed by atoms with Crippen LogP contribution in [0.3, 0.4) is 0 Å². The summed E-state index contributed by atoms with van der Waals surface area (Å²) in [4.78, 5) is 13.6. The molecule has 1 saturated heterocycles. The van der Waals surface area contributed by atoms with E-state index in [0.29, 0.717) is 0 Å². The maximum Gasteiger partial charge on any atom is 0.427 e. The van der Waals surface area contributed by atoms with Crippen molar-refractivity contribution in [1.82, 2.24) is 9.80 Å². The van der Waals surface area contributed by atoms with Crippen LogP contribution < -0.4 is 0 Å². The molecule has 0 N–H and O–H groups in total. The van der Waals surface area contributed by atoms with Gasteiger partial charge in [-0.1, -0.05) is 0 Å². The summed E-state index contributed by atoms with van der Waals surface area (Å²) in [6.07, 6.45) is -14.5. The van der Waals surface area contributed by atoms with Crippen molar-refractivity contribution in [2.45, 2.75) is 54.8 Å². The monoisotopic (exact) mass is 386 g/mol. The second-order valence-corrected chi connectivity index (χ2v) is 7.22. The quantitative estimate of drug-likeness (QED) is 0.487. The van der Waals surface area contributed by atoms with E-state index in [1.54, 1.807) is 20.8 Å². The van der Waals surface area contributed by atoms with Crippen molar-refractivity contribution < 1.29 is 35.9 Å². The van der Waals surface area contributed by atoms with E-state index < -0.39 is 46.7 Å². The summed E-state index contributed by atoms with van der Waals surface area (Å²) in [6, 6.07) is 0. The van der Waals surface area contributed by atoms with Crippen LogP contribution >= 0.6 is 0 Å². The number of alkyl halides is 6. The third-order valence-corrected chi connectivity index (χ3v) is 4.20. The van der Waals surface area contributed by atoms with Crippen molar-refractivity contribution in [3.63, 3.8) is 0 Å². The van der Waals surface area contributed by atoms with Gasteiger partial charge >= 0.3 is 18.4 Å². The summed E-state index contributed by atoms with van der Waals surface area (Å²) in [5.74, 6) is 0. The third kappa shape index (κ3) is 3.98. The SMILES string of the molecule is [B]C1([B])N(C(=O)OC([B])(C(F)(F)F)C(F)(F)F)CCN(C(C)(C)C)C1([B])[B]. The maximum atomic E-state index is 12.8. The van der Waals surface area contributed by atoms with Crippen molar-refractivity contribution in [2.75, 3.05) is 13.1 Å². The average molecular weight is 385 g/mol. The Hall–Kier alpha value is -0.865. The van der Waals surface area contributed by atoms with Gasteiger partial charge in [0.2, 0.25) is 0 Å². The van der Waals surface area contributed by atoms with Crippen LogP contribution in [-0.4, -0.2) is 102 Å². The first kappa shape index (κ1) is 24.2. The van der Waals surface area contributed by atoms with Gasteiger partial charge in [0.15, 0.2) is 7.85 Å². The molecule has 10 radical (unpaired) electrons. The number of rotatable bonds is 1. The molecular formula is C12H13B5F6N2O2. The average Bonchev–Trinajstić information content (AvgIpc) is 2.37. The van der Waals surface area contributed by atoms with Crippen LogP contribution in [-0.2, 0) is 4.74 Å². The predicted octanol–water partition coefficient (Wildman–Crippen LogP) is 0.510. The van der Waals surface area contributed by atoms with Crippen molar-refractivity contribution in [3.05, 3.63) is 0 Å². The maximum absolute atomic E-state index is 12.8. The zero-order valence-electron chi connectivity index (χ0n) is 14.8. The van der Waals surface area contributed by atoms with Gasteiger partial charge in [0.25, 0.3) is 5.50 Å². The van der Waals surface area contributed by atoms with Crippen molar-refractivity contribution in [3.8, 4) is 0 Å². The summed E-state index contributed by atoms with van der Waals surface area (Å²) in [7, 11) is 27.6. The Kier molecular flexibility index (Phi) is 5.90. The standard InChI is InChI=1S/C12H13B5F6N2O2/c1-7(2,3)25-5-4-24(9(14,15)10(25,16)17)6(26)27-8(13,11(18,19)20)12(21,22)23/h4-5H2,1-3H3. The predicted molar refractivity (Wildman–Crippen MR) is 88.7 cm³/mol. The minimum absolute atomic E-state index is 0.169. The zero-order valence-corrected chi connectivity index (χ0v) is 14.8. The summed E-state index contributed by atoms with van der Waals surface area (Å²) >= 11 is 0. The molecule has 1 amide bonds. The van der Waals surface area contributed by atoms with Crippen molar-refractivity contribution in [2.24, 2.45) is 0 Å². The molecule has 0 aromatic rings. The molecule has 1 aliphatic rings. The molecule has 0 aromatic carbocycles. The van der Waals surface area contributed by atoms with Crippen LogP contribution in [0, 0.1) is 0 Å². The van der Waals surface area contributed by atoms with Gasteiger partial charge < -0.3 is 14.5 Å². The molecule has 0 aliphatic carbocycles. The van der Waals surface area contributed by atoms with Gasteiger partial charge in [-0.25, -0.2) is 4.79 Å². The number of hydrogen-bond acceptors (Lipinski definition) is 3. The molecule has 1 rings (SSSR count). The fourth-order valence-corrected chi connectivity index (χ4v) is 2.60. The van der Waals surface area contributed by atoms with E-state index in [-0.39, 0.29) is 11.4 Å². The summed E-state index contributed by atoms with van der Waals surface area (Å²) in [5, 5.41) is -4.82. The number of hydrogen-bond donors (Lipinski definition) is 0. The fourth-order valence-electron chi connectivity index (χ4n) is 2.60. The molecule has 15 heteroatoms. The molecule has 0 aromatic heterocycles. The van der Waals surface area contributed by atoms with Crippen LogP contribution in [0.5, 0.6) is 0 Å². The molecule has 1 heterocycles. The number of amides is 1. The van der Waals surface area contributed by atoms with Crippen LogP contribution in [0.2, 0.25) is 0 Å². The lowest BCUT2D eigenvalue weighted by molar-refractivity contribution is -0.331. The Balaban J connectivity index is 3.26. The molecule has 1 fully saturated rings. The van der Waals surface area contributed by atoms with E-state index in [2.05, 4.69) is 12.6 Å². The van der Waals surface area contributed by atoms with E-state index >= 15 is 0 Å². The molecule has 1 aliphatic heterocycles. The van der Waals surface area contributed by atoms with Gasteiger partial charge in [-0.05, 0) is 31.4 Å². The molecule has 0 bridgehead atoms. The number of carbonyl (C=O) groups is 1. The number of halogens is 6. The third-order valence-electron chi connectivity index (χ3n) is 4.20. The zero-order chi connectivity index (χ0) is 21.9. The lowest BCUT2D eigenvalue weighted by Gasteiger charge is -2.64. The Morgan fingerprint density at radius 2 is 1.30 bits per heavy atom. The van der Waals surface area contributed by atoms with Gasteiger partial charge in [-0.15, -0.1) is 0 Å². The second kappa shape index (κ2) is 6.59. The minimum Gasteiger partial charge on any atom is -0.434 e. The Morgan fingerprint density at radius 3 is 1.63 bits per heavy atom. The van der Waals surface area contributed by atoms with Crippen LogP contribution in [0.25, 0.3) is 0 Å². The molecule has 0 atom stereocenters. The number of piperazine rings is 1. The summed E-state index contributed by atoms with van der Waals surface area (Å²) in [6.45, 7) is 4.28. The van der Waals surface area contributed by atoms with E-state index in [0.717, 1.165) is 0 Å². The van der Waals surface area contributed by atoms with Gasteiger partial charge in [0.1, 0.15) is 0 Å². The van der Waals surface area contributed by atoms with Gasteiger partial charge in [0.05, 0.1) is 31.4 Å². The first-order chi connectivity index (χ1) is 11.6. The van der Waals surface area contributed by atoms with Gasteiger partial charge in [-0.2, -0.15) is 26.3 Å². The largest absolute Gasteiger partial charge is 0.434 e. The van der Waals surface area contributed by atoms with Crippen molar-refractivity contribution >= 4 is 45.3 Å². The molecule has 0 saturated carbocycles. The lowest BCUT2D eigenvalue weighted by atomic mass is 9.36. The molecule has 27 heavy (non-hydrogen) atoms. The highest BCUT2D eigenvalue weighted by molar-refractivity contribution is 6.55. The first-order valence-electron chi connectivity index (χ1n) is 7.47. The minimum atomic E-state index is -6.16. The van der Waals surface area contributed by atoms with Crippen LogP contribution in [0.1, 0.15) is 20.8 Å². The van der Waals surface area contributed by atoms with E-state index in [9.17, 15) is 31.1 Å². The molecule has 4 nitrogen and oxygen atoms in total. The second-order valence-electron chi connectivity index (χ2n) is 7.22. The summed E-state index contributed by atoms with van der Waals surface area (Å²) in [5.41, 5.74) is -6.03. The number of ether oxygens (including phenoxy) is 1. The van der Waals surface area contributed by atoms with Gasteiger partial charge in [-0.3, -0.25) is 0 Å². The first-order valence-corrected chi connectivity index (χ1v) is 7.47. The highest BCUT2D eigenvalue weighted by atomic mass is 19.4. The fraction of sp³-hybridized carbons (Fsp3) is 0.917. The Bertz CT molecular complexity index is 576. The molecule has 0 spiro atoms. The topological polar surface area (TPSA) is 32.8 Å². The van der Waals surface area contributed by atoms with E-state index in [4.69, 9.17) is 31.4 Å². The number of nitrogens with zero attached hydrogens (tertiary/aromatic N) is 2.